The zero-order chi connectivity index (χ0) is 15.3. The summed E-state index contributed by atoms with van der Waals surface area (Å²) in [6.45, 7) is 4.02. The second-order valence-corrected chi connectivity index (χ2v) is 6.94. The quantitative estimate of drug-likeness (QED) is 0.754. The zero-order valence-corrected chi connectivity index (χ0v) is 12.6. The van der Waals surface area contributed by atoms with Crippen molar-refractivity contribution in [2.45, 2.75) is 25.3 Å². The minimum atomic E-state index is -3.72. The van der Waals surface area contributed by atoms with Crippen LogP contribution in [0.25, 0.3) is 0 Å². The lowest BCUT2D eigenvalue weighted by atomic mass is 10.2. The highest BCUT2D eigenvalue weighted by Gasteiger charge is 2.26. The van der Waals surface area contributed by atoms with Crippen LogP contribution in [0.5, 0.6) is 0 Å². The summed E-state index contributed by atoms with van der Waals surface area (Å²) in [7, 11) is -3.72. The largest absolute Gasteiger partial charge is 0.369 e. The highest BCUT2D eigenvalue weighted by Crippen LogP contribution is 2.17. The second-order valence-electron chi connectivity index (χ2n) is 5.01. The van der Waals surface area contributed by atoms with E-state index in [4.69, 9.17) is 11.5 Å². The number of sulfonamides is 1. The van der Waals surface area contributed by atoms with E-state index in [1.54, 1.807) is 12.1 Å². The molecule has 20 heavy (non-hydrogen) atoms. The average molecular weight is 299 g/mol. The van der Waals surface area contributed by atoms with Crippen molar-refractivity contribution in [3.05, 3.63) is 29.8 Å². The molecule has 0 aliphatic heterocycles. The van der Waals surface area contributed by atoms with Gasteiger partial charge in [0.05, 0.1) is 11.4 Å². The van der Waals surface area contributed by atoms with E-state index in [-0.39, 0.29) is 23.9 Å². The molecule has 7 heteroatoms. The van der Waals surface area contributed by atoms with Gasteiger partial charge in [0.25, 0.3) is 0 Å². The van der Waals surface area contributed by atoms with Gasteiger partial charge in [0.1, 0.15) is 0 Å². The SMILES string of the molecule is CC(C)CN(CC(N)=O)S(=O)(=O)c1ccc(CN)cc1. The normalized spacial score (nSPS) is 12.1. The third-order valence-electron chi connectivity index (χ3n) is 2.70. The Morgan fingerprint density at radius 2 is 1.80 bits per heavy atom. The van der Waals surface area contributed by atoms with Crippen LogP contribution in [0.1, 0.15) is 19.4 Å². The van der Waals surface area contributed by atoms with E-state index in [1.807, 2.05) is 13.8 Å². The Hall–Kier alpha value is -1.44. The summed E-state index contributed by atoms with van der Waals surface area (Å²) in [6, 6.07) is 6.30. The summed E-state index contributed by atoms with van der Waals surface area (Å²) in [5.74, 6) is -0.583. The van der Waals surface area contributed by atoms with Gasteiger partial charge >= 0.3 is 0 Å². The standard InChI is InChI=1S/C13H21N3O3S/c1-10(2)8-16(9-13(15)17)20(18,19)12-5-3-11(7-14)4-6-12/h3-6,10H,7-9,14H2,1-2H3,(H2,15,17). The number of primary amides is 1. The van der Waals surface area contributed by atoms with Crippen LogP contribution >= 0.6 is 0 Å². The van der Waals surface area contributed by atoms with Crippen molar-refractivity contribution >= 4 is 15.9 Å². The molecule has 6 nitrogen and oxygen atoms in total. The summed E-state index contributed by atoms with van der Waals surface area (Å²) in [5, 5.41) is 0. The van der Waals surface area contributed by atoms with Gasteiger partial charge in [-0.15, -0.1) is 0 Å². The Morgan fingerprint density at radius 3 is 2.20 bits per heavy atom. The minimum Gasteiger partial charge on any atom is -0.369 e. The number of carbonyl (C=O) groups excluding carboxylic acids is 1. The molecule has 0 unspecified atom stereocenters. The first-order chi connectivity index (χ1) is 9.27. The fourth-order valence-electron chi connectivity index (χ4n) is 1.78. The molecule has 1 aromatic carbocycles. The molecule has 0 bridgehead atoms. The third-order valence-corrected chi connectivity index (χ3v) is 4.52. The van der Waals surface area contributed by atoms with Crippen molar-refractivity contribution < 1.29 is 13.2 Å². The van der Waals surface area contributed by atoms with E-state index in [0.29, 0.717) is 6.54 Å². The first kappa shape index (κ1) is 16.6. The van der Waals surface area contributed by atoms with Gasteiger partial charge in [0.2, 0.25) is 15.9 Å². The summed E-state index contributed by atoms with van der Waals surface area (Å²) in [4.78, 5) is 11.2. The molecule has 0 saturated heterocycles. The monoisotopic (exact) mass is 299 g/mol. The molecule has 0 aliphatic rings. The van der Waals surface area contributed by atoms with Crippen LogP contribution in [0.3, 0.4) is 0 Å². The molecular weight excluding hydrogens is 278 g/mol. The van der Waals surface area contributed by atoms with Crippen LogP contribution in [0.4, 0.5) is 0 Å². The van der Waals surface area contributed by atoms with Gasteiger partial charge < -0.3 is 11.5 Å². The number of carbonyl (C=O) groups is 1. The second kappa shape index (κ2) is 6.83. The molecule has 0 heterocycles. The molecule has 1 aromatic rings. The number of amides is 1. The molecule has 0 saturated carbocycles. The molecule has 0 aromatic heterocycles. The van der Waals surface area contributed by atoms with Crippen molar-refractivity contribution in [1.29, 1.82) is 0 Å². The van der Waals surface area contributed by atoms with Crippen LogP contribution in [0.15, 0.2) is 29.2 Å². The number of rotatable bonds is 7. The first-order valence-electron chi connectivity index (χ1n) is 6.34. The Labute approximate surface area is 119 Å². The lowest BCUT2D eigenvalue weighted by molar-refractivity contribution is -0.118. The van der Waals surface area contributed by atoms with E-state index in [0.717, 1.165) is 9.87 Å². The number of benzene rings is 1. The van der Waals surface area contributed by atoms with Gasteiger partial charge in [-0.3, -0.25) is 4.79 Å². The maximum absolute atomic E-state index is 12.5. The van der Waals surface area contributed by atoms with E-state index in [2.05, 4.69) is 0 Å². The minimum absolute atomic E-state index is 0.0902. The maximum atomic E-state index is 12.5. The number of nitrogens with zero attached hydrogens (tertiary/aromatic N) is 1. The number of hydrogen-bond acceptors (Lipinski definition) is 4. The topological polar surface area (TPSA) is 106 Å². The van der Waals surface area contributed by atoms with Gasteiger partial charge in [-0.1, -0.05) is 26.0 Å². The lowest BCUT2D eigenvalue weighted by Gasteiger charge is -2.22. The van der Waals surface area contributed by atoms with Gasteiger partial charge in [-0.05, 0) is 23.6 Å². The average Bonchev–Trinajstić information content (AvgIpc) is 2.37. The van der Waals surface area contributed by atoms with Crippen molar-refractivity contribution in [2.24, 2.45) is 17.4 Å². The van der Waals surface area contributed by atoms with Crippen LogP contribution in [0, 0.1) is 5.92 Å². The zero-order valence-electron chi connectivity index (χ0n) is 11.7. The highest BCUT2D eigenvalue weighted by molar-refractivity contribution is 7.89. The predicted molar refractivity (Wildman–Crippen MR) is 77.1 cm³/mol. The van der Waals surface area contributed by atoms with E-state index < -0.39 is 15.9 Å². The summed E-state index contributed by atoms with van der Waals surface area (Å²) in [6.07, 6.45) is 0. The fourth-order valence-corrected chi connectivity index (χ4v) is 3.35. The Morgan fingerprint density at radius 1 is 1.25 bits per heavy atom. The molecule has 1 rings (SSSR count). The van der Waals surface area contributed by atoms with Crippen molar-refractivity contribution in [2.75, 3.05) is 13.1 Å². The lowest BCUT2D eigenvalue weighted by Crippen LogP contribution is -2.40. The van der Waals surface area contributed by atoms with E-state index >= 15 is 0 Å². The van der Waals surface area contributed by atoms with Crippen molar-refractivity contribution in [3.63, 3.8) is 0 Å². The fraction of sp³-hybridized carbons (Fsp3) is 0.462. The van der Waals surface area contributed by atoms with E-state index in [9.17, 15) is 13.2 Å². The van der Waals surface area contributed by atoms with Gasteiger partial charge in [-0.25, -0.2) is 8.42 Å². The van der Waals surface area contributed by atoms with Crippen LogP contribution < -0.4 is 11.5 Å². The first-order valence-corrected chi connectivity index (χ1v) is 7.79. The molecule has 4 N–H and O–H groups in total. The smallest absolute Gasteiger partial charge is 0.243 e. The van der Waals surface area contributed by atoms with Crippen LogP contribution in [0.2, 0.25) is 0 Å². The van der Waals surface area contributed by atoms with Gasteiger partial charge in [0.15, 0.2) is 0 Å². The Balaban J connectivity index is 3.10. The van der Waals surface area contributed by atoms with Crippen LogP contribution in [-0.4, -0.2) is 31.7 Å². The van der Waals surface area contributed by atoms with Gasteiger partial charge in [-0.2, -0.15) is 4.31 Å². The number of nitrogens with two attached hydrogens (primary N) is 2. The molecular formula is C13H21N3O3S. The number of hydrogen-bond donors (Lipinski definition) is 2. The summed E-state index contributed by atoms with van der Waals surface area (Å²) < 4.78 is 26.1. The third kappa shape index (κ3) is 4.29. The molecule has 0 spiro atoms. The maximum Gasteiger partial charge on any atom is 0.243 e. The van der Waals surface area contributed by atoms with Crippen LogP contribution in [-0.2, 0) is 21.4 Å². The van der Waals surface area contributed by atoms with Crippen molar-refractivity contribution in [3.8, 4) is 0 Å². The highest BCUT2D eigenvalue weighted by atomic mass is 32.2. The molecule has 1 amide bonds. The molecule has 0 atom stereocenters. The Kier molecular flexibility index (Phi) is 5.67. The summed E-state index contributed by atoms with van der Waals surface area (Å²) >= 11 is 0. The molecule has 0 radical (unpaired) electrons. The molecule has 0 aliphatic carbocycles. The van der Waals surface area contributed by atoms with E-state index in [1.165, 1.54) is 12.1 Å². The predicted octanol–water partition coefficient (Wildman–Crippen LogP) is 0.277. The Bertz CT molecular complexity index is 553. The molecule has 0 fully saturated rings. The van der Waals surface area contributed by atoms with Gasteiger partial charge in [0, 0.05) is 13.1 Å². The molecule has 112 valence electrons. The summed E-state index contributed by atoms with van der Waals surface area (Å²) in [5.41, 5.74) is 11.4. The van der Waals surface area contributed by atoms with Crippen molar-refractivity contribution in [1.82, 2.24) is 4.31 Å².